The van der Waals surface area contributed by atoms with Gasteiger partial charge in [0.05, 0.1) is 23.4 Å². The lowest BCUT2D eigenvalue weighted by Gasteiger charge is -2.21. The smallest absolute Gasteiger partial charge is 0.168 e. The van der Waals surface area contributed by atoms with Gasteiger partial charge in [0.15, 0.2) is 5.54 Å². The monoisotopic (exact) mass is 444 g/mol. The summed E-state index contributed by atoms with van der Waals surface area (Å²) >= 11 is 0. The first-order valence-electron chi connectivity index (χ1n) is 11.0. The molecule has 0 fully saturated rings. The molecule has 0 aliphatic heterocycles. The van der Waals surface area contributed by atoms with Crippen LogP contribution in [0.4, 0.5) is 0 Å². The van der Waals surface area contributed by atoms with Gasteiger partial charge in [-0.05, 0) is 48.8 Å². The molecule has 5 nitrogen and oxygen atoms in total. The fourth-order valence-corrected chi connectivity index (χ4v) is 3.76. The number of pyridine rings is 1. The zero-order valence-electron chi connectivity index (χ0n) is 19.2. The number of benzene rings is 2. The molecule has 1 aliphatic carbocycles. The Labute approximate surface area is 200 Å². The number of hydrogen-bond acceptors (Lipinski definition) is 5. The lowest BCUT2D eigenvalue weighted by Crippen LogP contribution is -2.22. The van der Waals surface area contributed by atoms with Crippen molar-refractivity contribution >= 4 is 11.8 Å². The van der Waals surface area contributed by atoms with Crippen LogP contribution < -0.4 is 4.74 Å². The van der Waals surface area contributed by atoms with Crippen LogP contribution in [-0.4, -0.2) is 16.7 Å². The van der Waals surface area contributed by atoms with Gasteiger partial charge in [0.1, 0.15) is 12.4 Å². The SMILES string of the molecule is Cc1ncc(C=NC2(C#N)C=CC(c3ccccc3)=CC2)c(C)c1OCc1ccc(C#N)cc1. The van der Waals surface area contributed by atoms with Crippen molar-refractivity contribution in [1.82, 2.24) is 4.98 Å². The van der Waals surface area contributed by atoms with E-state index < -0.39 is 5.54 Å². The Morgan fingerprint density at radius 1 is 1.09 bits per heavy atom. The first kappa shape index (κ1) is 22.7. The van der Waals surface area contributed by atoms with Crippen LogP contribution in [-0.2, 0) is 6.61 Å². The summed E-state index contributed by atoms with van der Waals surface area (Å²) in [5, 5.41) is 18.8. The average Bonchev–Trinajstić information content (AvgIpc) is 2.89. The molecular weight excluding hydrogens is 420 g/mol. The first-order chi connectivity index (χ1) is 16.5. The topological polar surface area (TPSA) is 82.1 Å². The van der Waals surface area contributed by atoms with E-state index in [0.717, 1.165) is 33.5 Å². The number of aromatic nitrogens is 1. The Morgan fingerprint density at radius 2 is 1.85 bits per heavy atom. The molecule has 2 aromatic carbocycles. The molecule has 1 aromatic heterocycles. The lowest BCUT2D eigenvalue weighted by atomic mass is 9.88. The molecule has 166 valence electrons. The fraction of sp³-hybridized carbons (Fsp3) is 0.172. The first-order valence-corrected chi connectivity index (χ1v) is 11.0. The summed E-state index contributed by atoms with van der Waals surface area (Å²) in [6, 6.07) is 21.9. The van der Waals surface area contributed by atoms with E-state index in [9.17, 15) is 5.26 Å². The molecule has 34 heavy (non-hydrogen) atoms. The van der Waals surface area contributed by atoms with Gasteiger partial charge in [-0.15, -0.1) is 0 Å². The van der Waals surface area contributed by atoms with Crippen molar-refractivity contribution in [2.24, 2.45) is 4.99 Å². The summed E-state index contributed by atoms with van der Waals surface area (Å²) in [6.45, 7) is 4.24. The van der Waals surface area contributed by atoms with Crippen molar-refractivity contribution in [3.8, 4) is 17.9 Å². The van der Waals surface area contributed by atoms with Gasteiger partial charge in [0.25, 0.3) is 0 Å². The highest BCUT2D eigenvalue weighted by atomic mass is 16.5. The molecular formula is C29H24N4O. The minimum atomic E-state index is -0.945. The summed E-state index contributed by atoms with van der Waals surface area (Å²) in [5.74, 6) is 0.699. The Bertz CT molecular complexity index is 1360. The maximum atomic E-state index is 9.89. The quantitative estimate of drug-likeness (QED) is 0.445. The van der Waals surface area contributed by atoms with Crippen LogP contribution in [0.3, 0.4) is 0 Å². The Kier molecular flexibility index (Phi) is 6.67. The molecule has 3 aromatic rings. The minimum absolute atomic E-state index is 0.369. The standard InChI is InChI=1S/C29H24N4O/c1-21-27(17-32-22(2)28(21)34-19-24-10-8-23(16-30)9-11-24)18-33-29(20-31)14-12-26(13-15-29)25-6-4-3-5-7-25/h3-14,17-18H,15,19H2,1-2H3. The van der Waals surface area contributed by atoms with E-state index in [2.05, 4.69) is 40.3 Å². The largest absolute Gasteiger partial charge is 0.487 e. The Hall–Kier alpha value is -4.48. The normalized spacial score (nSPS) is 17.1. The number of nitrogens with zero attached hydrogens (tertiary/aromatic N) is 4. The van der Waals surface area contributed by atoms with Crippen molar-refractivity contribution in [3.63, 3.8) is 0 Å². The summed E-state index contributed by atoms with van der Waals surface area (Å²) in [5.41, 5.74) is 5.36. The van der Waals surface area contributed by atoms with Crippen molar-refractivity contribution in [2.75, 3.05) is 0 Å². The van der Waals surface area contributed by atoms with Crippen LogP contribution in [0.15, 0.2) is 84.0 Å². The Morgan fingerprint density at radius 3 is 2.50 bits per heavy atom. The van der Waals surface area contributed by atoms with E-state index in [0.29, 0.717) is 24.3 Å². The van der Waals surface area contributed by atoms with E-state index in [1.54, 1.807) is 24.5 Å². The zero-order chi connectivity index (χ0) is 24.0. The van der Waals surface area contributed by atoms with Crippen LogP contribution in [0.25, 0.3) is 5.57 Å². The predicted molar refractivity (Wildman–Crippen MR) is 133 cm³/mol. The second-order valence-electron chi connectivity index (χ2n) is 8.21. The third kappa shape index (κ3) is 4.95. The predicted octanol–water partition coefficient (Wildman–Crippen LogP) is 5.87. The van der Waals surface area contributed by atoms with Crippen LogP contribution in [0.2, 0.25) is 0 Å². The van der Waals surface area contributed by atoms with Crippen LogP contribution >= 0.6 is 0 Å². The van der Waals surface area contributed by atoms with Gasteiger partial charge in [-0.25, -0.2) is 0 Å². The van der Waals surface area contributed by atoms with Crippen molar-refractivity contribution < 1.29 is 4.74 Å². The number of hydrogen-bond donors (Lipinski definition) is 0. The van der Waals surface area contributed by atoms with E-state index >= 15 is 0 Å². The molecule has 0 N–H and O–H groups in total. The molecule has 0 saturated heterocycles. The van der Waals surface area contributed by atoms with Gasteiger partial charge in [-0.2, -0.15) is 10.5 Å². The van der Waals surface area contributed by atoms with E-state index in [1.165, 1.54) is 0 Å². The van der Waals surface area contributed by atoms with Crippen LogP contribution in [0.1, 0.15) is 39.9 Å². The molecule has 4 rings (SSSR count). The molecule has 1 atom stereocenters. The summed E-state index contributed by atoms with van der Waals surface area (Å²) in [6.07, 6.45) is 9.86. The number of aryl methyl sites for hydroxylation is 1. The molecule has 0 bridgehead atoms. The fourth-order valence-electron chi connectivity index (χ4n) is 3.76. The summed E-state index contributed by atoms with van der Waals surface area (Å²) in [4.78, 5) is 9.13. The van der Waals surface area contributed by atoms with Crippen LogP contribution in [0, 0.1) is 36.5 Å². The molecule has 0 amide bonds. The van der Waals surface area contributed by atoms with Gasteiger partial charge in [0.2, 0.25) is 0 Å². The average molecular weight is 445 g/mol. The molecule has 0 saturated carbocycles. The molecule has 1 unspecified atom stereocenters. The number of rotatable bonds is 6. The van der Waals surface area contributed by atoms with E-state index in [4.69, 9.17) is 10.00 Å². The maximum absolute atomic E-state index is 9.89. The van der Waals surface area contributed by atoms with Gasteiger partial charge in [0, 0.05) is 30.0 Å². The second kappa shape index (κ2) is 9.98. The van der Waals surface area contributed by atoms with Gasteiger partial charge in [-0.3, -0.25) is 9.98 Å². The molecule has 1 aliphatic rings. The number of nitriles is 2. The van der Waals surface area contributed by atoms with Gasteiger partial charge in [-0.1, -0.05) is 54.6 Å². The second-order valence-corrected chi connectivity index (χ2v) is 8.21. The lowest BCUT2D eigenvalue weighted by molar-refractivity contribution is 0.300. The Balaban J connectivity index is 1.51. The third-order valence-electron chi connectivity index (χ3n) is 5.87. The number of aliphatic imine (C=N–C) groups is 1. The number of ether oxygens (including phenoxy) is 1. The van der Waals surface area contributed by atoms with Crippen molar-refractivity contribution in [2.45, 2.75) is 32.4 Å². The van der Waals surface area contributed by atoms with Crippen molar-refractivity contribution in [3.05, 3.63) is 113 Å². The maximum Gasteiger partial charge on any atom is 0.168 e. The minimum Gasteiger partial charge on any atom is -0.487 e. The van der Waals surface area contributed by atoms with Gasteiger partial charge < -0.3 is 4.74 Å². The highest BCUT2D eigenvalue weighted by Crippen LogP contribution is 2.30. The van der Waals surface area contributed by atoms with E-state index in [-0.39, 0.29) is 0 Å². The molecule has 0 spiro atoms. The number of allylic oxidation sites excluding steroid dienone is 2. The molecule has 0 radical (unpaired) electrons. The van der Waals surface area contributed by atoms with Crippen molar-refractivity contribution in [1.29, 1.82) is 10.5 Å². The summed E-state index contributed by atoms with van der Waals surface area (Å²) in [7, 11) is 0. The molecule has 5 heteroatoms. The van der Waals surface area contributed by atoms with E-state index in [1.807, 2.05) is 56.3 Å². The van der Waals surface area contributed by atoms with Gasteiger partial charge >= 0.3 is 0 Å². The highest BCUT2D eigenvalue weighted by molar-refractivity contribution is 5.84. The highest BCUT2D eigenvalue weighted by Gasteiger charge is 2.27. The summed E-state index contributed by atoms with van der Waals surface area (Å²) < 4.78 is 6.08. The third-order valence-corrected chi connectivity index (χ3v) is 5.87. The molecule has 1 heterocycles. The van der Waals surface area contributed by atoms with Crippen LogP contribution in [0.5, 0.6) is 5.75 Å². The zero-order valence-corrected chi connectivity index (χ0v) is 19.2.